The summed E-state index contributed by atoms with van der Waals surface area (Å²) in [5, 5.41) is 23.0. The maximum atomic E-state index is 12.2. The fourth-order valence-electron chi connectivity index (χ4n) is 12.6. The Morgan fingerprint density at radius 2 is 1.55 bits per heavy atom. The number of fused-ring (bicyclic) bond motifs is 3. The van der Waals surface area contributed by atoms with Gasteiger partial charge in [0.05, 0.1) is 12.2 Å². The average Bonchev–Trinajstić information content (AvgIpc) is 2.88. The van der Waals surface area contributed by atoms with Gasteiger partial charge in [0.15, 0.2) is 0 Å². The molecule has 0 aromatic rings. The highest BCUT2D eigenvalue weighted by Gasteiger charge is 2.70. The molecule has 232 valence electrons. The number of unbranched alkanes of at least 4 members (excludes halogenated alkanes) is 2. The Hall–Kier alpha value is -0.340. The van der Waals surface area contributed by atoms with Crippen molar-refractivity contribution in [2.24, 2.45) is 75.4 Å². The SMILES string of the molecule is CCCCCC(C)CCC1CCC(C)C2C(C)C3=C(C)C4(C)C(O)C(C(C)O)C(C)CC4(C)C(C)C3(C)C(C)C12. The highest BCUT2D eigenvalue weighted by atomic mass is 16.3. The minimum atomic E-state index is -0.508. The molecule has 3 fully saturated rings. The summed E-state index contributed by atoms with van der Waals surface area (Å²) in [7, 11) is 0. The zero-order chi connectivity index (χ0) is 29.9. The van der Waals surface area contributed by atoms with Crippen molar-refractivity contribution >= 4 is 0 Å². The number of hydrogen-bond donors (Lipinski definition) is 2. The van der Waals surface area contributed by atoms with Crippen LogP contribution in [0.3, 0.4) is 0 Å². The average molecular weight is 557 g/mol. The lowest BCUT2D eigenvalue weighted by atomic mass is 9.33. The van der Waals surface area contributed by atoms with Gasteiger partial charge in [0.2, 0.25) is 0 Å². The van der Waals surface area contributed by atoms with Crippen LogP contribution in [-0.2, 0) is 0 Å². The molecule has 4 aliphatic carbocycles. The quantitative estimate of drug-likeness (QED) is 0.231. The largest absolute Gasteiger partial charge is 0.393 e. The van der Waals surface area contributed by atoms with E-state index in [1.54, 1.807) is 5.57 Å². The van der Waals surface area contributed by atoms with E-state index in [0.29, 0.717) is 23.7 Å². The maximum absolute atomic E-state index is 12.2. The van der Waals surface area contributed by atoms with Gasteiger partial charge >= 0.3 is 0 Å². The molecule has 15 atom stereocenters. The number of rotatable bonds is 8. The van der Waals surface area contributed by atoms with Crippen LogP contribution in [0.1, 0.15) is 141 Å². The first kappa shape index (κ1) is 32.6. The van der Waals surface area contributed by atoms with Gasteiger partial charge in [-0.1, -0.05) is 119 Å². The summed E-state index contributed by atoms with van der Waals surface area (Å²) in [5.41, 5.74) is 3.04. The van der Waals surface area contributed by atoms with Crippen molar-refractivity contribution in [2.75, 3.05) is 0 Å². The first-order valence-electron chi connectivity index (χ1n) is 17.7. The van der Waals surface area contributed by atoms with Gasteiger partial charge in [0.1, 0.15) is 0 Å². The Morgan fingerprint density at radius 1 is 0.900 bits per heavy atom. The van der Waals surface area contributed by atoms with Crippen molar-refractivity contribution in [3.8, 4) is 0 Å². The first-order chi connectivity index (χ1) is 18.6. The van der Waals surface area contributed by atoms with Crippen LogP contribution in [-0.4, -0.2) is 22.4 Å². The molecular weight excluding hydrogens is 488 g/mol. The summed E-state index contributed by atoms with van der Waals surface area (Å²) in [6, 6.07) is 0. The molecule has 3 saturated carbocycles. The molecule has 4 rings (SSSR count). The van der Waals surface area contributed by atoms with Crippen LogP contribution in [0.15, 0.2) is 11.1 Å². The van der Waals surface area contributed by atoms with E-state index in [0.717, 1.165) is 36.0 Å². The molecule has 0 aliphatic heterocycles. The maximum Gasteiger partial charge on any atom is 0.0691 e. The molecule has 40 heavy (non-hydrogen) atoms. The number of allylic oxidation sites excluding steroid dienone is 1. The molecule has 0 aromatic heterocycles. The Labute approximate surface area is 249 Å². The van der Waals surface area contributed by atoms with Gasteiger partial charge in [-0.15, -0.1) is 0 Å². The van der Waals surface area contributed by atoms with Gasteiger partial charge < -0.3 is 10.2 Å². The van der Waals surface area contributed by atoms with Gasteiger partial charge in [0.25, 0.3) is 0 Å². The molecule has 2 heteroatoms. The van der Waals surface area contributed by atoms with Crippen LogP contribution in [0.4, 0.5) is 0 Å². The molecule has 2 nitrogen and oxygen atoms in total. The minimum absolute atomic E-state index is 0.00391. The fraction of sp³-hybridized carbons (Fsp3) is 0.947. The lowest BCUT2D eigenvalue weighted by molar-refractivity contribution is -0.209. The fourth-order valence-corrected chi connectivity index (χ4v) is 12.6. The lowest BCUT2D eigenvalue weighted by Gasteiger charge is -2.72. The van der Waals surface area contributed by atoms with Gasteiger partial charge in [-0.2, -0.15) is 0 Å². The van der Waals surface area contributed by atoms with E-state index in [4.69, 9.17) is 0 Å². The molecule has 0 amide bonds. The summed E-state index contributed by atoms with van der Waals surface area (Å²) in [6.45, 7) is 29.3. The summed E-state index contributed by atoms with van der Waals surface area (Å²) in [6.07, 6.45) is 11.2. The van der Waals surface area contributed by atoms with E-state index in [1.807, 2.05) is 6.92 Å². The topological polar surface area (TPSA) is 40.5 Å². The van der Waals surface area contributed by atoms with Crippen molar-refractivity contribution in [1.82, 2.24) is 0 Å². The van der Waals surface area contributed by atoms with Gasteiger partial charge in [-0.3, -0.25) is 0 Å². The van der Waals surface area contributed by atoms with Crippen molar-refractivity contribution in [1.29, 1.82) is 0 Å². The van der Waals surface area contributed by atoms with Crippen LogP contribution < -0.4 is 0 Å². The Morgan fingerprint density at radius 3 is 2.15 bits per heavy atom. The van der Waals surface area contributed by atoms with Crippen molar-refractivity contribution in [3.05, 3.63) is 11.1 Å². The van der Waals surface area contributed by atoms with Crippen LogP contribution in [0.25, 0.3) is 0 Å². The van der Waals surface area contributed by atoms with Crippen molar-refractivity contribution < 1.29 is 10.2 Å². The van der Waals surface area contributed by atoms with E-state index in [9.17, 15) is 10.2 Å². The van der Waals surface area contributed by atoms with Crippen molar-refractivity contribution in [3.63, 3.8) is 0 Å². The molecule has 15 unspecified atom stereocenters. The summed E-state index contributed by atoms with van der Waals surface area (Å²) in [5.74, 6) is 5.98. The highest BCUT2D eigenvalue weighted by Crippen LogP contribution is 2.75. The molecule has 0 radical (unpaired) electrons. The Kier molecular flexibility index (Phi) is 9.47. The molecule has 0 aromatic carbocycles. The highest BCUT2D eigenvalue weighted by molar-refractivity contribution is 5.41. The normalized spacial score (nSPS) is 50.5. The van der Waals surface area contributed by atoms with Crippen LogP contribution in [0.2, 0.25) is 0 Å². The smallest absolute Gasteiger partial charge is 0.0691 e. The third kappa shape index (κ3) is 4.62. The molecule has 0 spiro atoms. The van der Waals surface area contributed by atoms with Crippen LogP contribution in [0, 0.1) is 75.4 Å². The minimum Gasteiger partial charge on any atom is -0.393 e. The van der Waals surface area contributed by atoms with Gasteiger partial charge in [-0.25, -0.2) is 0 Å². The number of hydrogen-bond acceptors (Lipinski definition) is 2. The second kappa shape index (κ2) is 11.6. The summed E-state index contributed by atoms with van der Waals surface area (Å²) in [4.78, 5) is 0. The molecule has 0 saturated heterocycles. The number of aliphatic hydroxyl groups excluding tert-OH is 2. The third-order valence-corrected chi connectivity index (χ3v) is 15.2. The standard InChI is InChI=1S/C38H68O2/c1-13-14-15-16-22(2)17-19-30-20-18-23(3)31-25(5)34-27(7)38(12)35(40)32(28(8)39)24(4)21-36(38,10)29(9)37(34,11)26(6)33(30)31/h22-26,28-33,35,39-40H,13-21H2,1-12H3. The second-order valence-electron chi connectivity index (χ2n) is 16.8. The molecule has 4 aliphatic rings. The Bertz CT molecular complexity index is 920. The molecular formula is C38H68O2. The molecule has 0 bridgehead atoms. The van der Waals surface area contributed by atoms with E-state index in [2.05, 4.69) is 76.2 Å². The van der Waals surface area contributed by atoms with E-state index in [1.165, 1.54) is 56.9 Å². The summed E-state index contributed by atoms with van der Waals surface area (Å²) >= 11 is 0. The van der Waals surface area contributed by atoms with Crippen molar-refractivity contribution in [2.45, 2.75) is 153 Å². The van der Waals surface area contributed by atoms with Crippen LogP contribution >= 0.6 is 0 Å². The zero-order valence-electron chi connectivity index (χ0n) is 28.7. The zero-order valence-corrected chi connectivity index (χ0v) is 28.7. The third-order valence-electron chi connectivity index (χ3n) is 15.2. The van der Waals surface area contributed by atoms with Crippen LogP contribution in [0.5, 0.6) is 0 Å². The Balaban J connectivity index is 1.76. The second-order valence-corrected chi connectivity index (χ2v) is 16.8. The van der Waals surface area contributed by atoms with E-state index >= 15 is 0 Å². The monoisotopic (exact) mass is 557 g/mol. The van der Waals surface area contributed by atoms with Gasteiger partial charge in [-0.05, 0) is 97.2 Å². The predicted octanol–water partition coefficient (Wildman–Crippen LogP) is 9.93. The van der Waals surface area contributed by atoms with E-state index < -0.39 is 12.2 Å². The number of aliphatic hydroxyl groups is 2. The first-order valence-corrected chi connectivity index (χ1v) is 17.7. The molecule has 0 heterocycles. The molecule has 2 N–H and O–H groups in total. The summed E-state index contributed by atoms with van der Waals surface area (Å²) < 4.78 is 0. The van der Waals surface area contributed by atoms with Gasteiger partial charge in [0, 0.05) is 11.3 Å². The van der Waals surface area contributed by atoms with E-state index in [-0.39, 0.29) is 22.2 Å². The predicted molar refractivity (Wildman–Crippen MR) is 171 cm³/mol. The lowest BCUT2D eigenvalue weighted by Crippen LogP contribution is -2.68.